The van der Waals surface area contributed by atoms with Gasteiger partial charge in [0.25, 0.3) is 11.8 Å². The lowest BCUT2D eigenvalue weighted by atomic mass is 10.2. The highest BCUT2D eigenvalue weighted by Crippen LogP contribution is 2.21. The molecule has 1 N–H and O–H groups in total. The van der Waals surface area contributed by atoms with Gasteiger partial charge in [-0.05, 0) is 57.0 Å². The summed E-state index contributed by atoms with van der Waals surface area (Å²) in [5.41, 5.74) is 2.71. The molecule has 0 aliphatic carbocycles. The standard InChI is InChI=1S/C25H27N3O5/c1-17-23(18(2)33-27-17)15-31-21-9-5-7-19(13-21)25(30)26-20-8-6-10-22(14-20)32-16-24(29)28-11-3-4-12-28/h5-10,13-14H,3-4,11-12,15-16H2,1-2H3,(H,26,30). The first-order chi connectivity index (χ1) is 16.0. The molecule has 1 aliphatic heterocycles. The molecule has 8 nitrogen and oxygen atoms in total. The first kappa shape index (κ1) is 22.4. The average Bonchev–Trinajstić information content (AvgIpc) is 3.47. The van der Waals surface area contributed by atoms with Crippen molar-refractivity contribution in [2.75, 3.05) is 25.0 Å². The number of carbonyl (C=O) groups excluding carboxylic acids is 2. The molecule has 0 spiro atoms. The second kappa shape index (κ2) is 10.2. The second-order valence-corrected chi connectivity index (χ2v) is 7.98. The molecular weight excluding hydrogens is 422 g/mol. The zero-order valence-corrected chi connectivity index (χ0v) is 18.8. The molecule has 1 aromatic heterocycles. The fourth-order valence-corrected chi connectivity index (χ4v) is 3.66. The van der Waals surface area contributed by atoms with Crippen molar-refractivity contribution in [3.8, 4) is 11.5 Å². The molecule has 1 aliphatic rings. The van der Waals surface area contributed by atoms with Crippen LogP contribution in [-0.4, -0.2) is 41.6 Å². The molecule has 172 valence electrons. The highest BCUT2D eigenvalue weighted by molar-refractivity contribution is 6.04. The first-order valence-corrected chi connectivity index (χ1v) is 11.0. The van der Waals surface area contributed by atoms with Crippen LogP contribution >= 0.6 is 0 Å². The summed E-state index contributed by atoms with van der Waals surface area (Å²) in [4.78, 5) is 26.8. The van der Waals surface area contributed by atoms with E-state index in [4.69, 9.17) is 14.0 Å². The third-order valence-corrected chi connectivity index (χ3v) is 5.57. The van der Waals surface area contributed by atoms with Gasteiger partial charge in [-0.3, -0.25) is 9.59 Å². The molecule has 8 heteroatoms. The third-order valence-electron chi connectivity index (χ3n) is 5.57. The normalized spacial score (nSPS) is 13.1. The Labute approximate surface area is 192 Å². The SMILES string of the molecule is Cc1noc(C)c1COc1cccc(C(=O)Nc2cccc(OCC(=O)N3CCCC3)c2)c1. The largest absolute Gasteiger partial charge is 0.489 e. The minimum Gasteiger partial charge on any atom is -0.489 e. The summed E-state index contributed by atoms with van der Waals surface area (Å²) in [6.45, 7) is 5.57. The van der Waals surface area contributed by atoms with Crippen LogP contribution < -0.4 is 14.8 Å². The first-order valence-electron chi connectivity index (χ1n) is 11.0. The molecule has 3 aromatic rings. The van der Waals surface area contributed by atoms with Gasteiger partial charge in [-0.15, -0.1) is 0 Å². The maximum atomic E-state index is 12.8. The van der Waals surface area contributed by atoms with Crippen molar-refractivity contribution in [2.24, 2.45) is 0 Å². The Morgan fingerprint density at radius 1 is 1.03 bits per heavy atom. The Morgan fingerprint density at radius 2 is 1.76 bits per heavy atom. The van der Waals surface area contributed by atoms with Gasteiger partial charge in [0, 0.05) is 30.4 Å². The summed E-state index contributed by atoms with van der Waals surface area (Å²) in [5.74, 6) is 1.51. The van der Waals surface area contributed by atoms with Crippen LogP contribution in [-0.2, 0) is 11.4 Å². The van der Waals surface area contributed by atoms with Gasteiger partial charge in [0.05, 0.1) is 11.3 Å². The van der Waals surface area contributed by atoms with E-state index in [0.29, 0.717) is 35.1 Å². The summed E-state index contributed by atoms with van der Waals surface area (Å²) >= 11 is 0. The number of amides is 2. The number of likely N-dealkylation sites (tertiary alicyclic amines) is 1. The molecule has 4 rings (SSSR count). The smallest absolute Gasteiger partial charge is 0.260 e. The van der Waals surface area contributed by atoms with Crippen LogP contribution in [0.2, 0.25) is 0 Å². The minimum atomic E-state index is -0.275. The van der Waals surface area contributed by atoms with Gasteiger partial charge >= 0.3 is 0 Å². The Balaban J connectivity index is 1.34. The number of rotatable bonds is 8. The molecule has 2 heterocycles. The molecule has 0 saturated carbocycles. The second-order valence-electron chi connectivity index (χ2n) is 7.98. The third kappa shape index (κ3) is 5.71. The Kier molecular flexibility index (Phi) is 6.92. The predicted molar refractivity (Wildman–Crippen MR) is 122 cm³/mol. The number of ether oxygens (including phenoxy) is 2. The number of aryl methyl sites for hydroxylation is 2. The van der Waals surface area contributed by atoms with Gasteiger partial charge in [-0.1, -0.05) is 17.3 Å². The van der Waals surface area contributed by atoms with Crippen LogP contribution in [0.25, 0.3) is 0 Å². The molecule has 1 fully saturated rings. The number of anilines is 1. The lowest BCUT2D eigenvalue weighted by Crippen LogP contribution is -2.32. The van der Waals surface area contributed by atoms with Gasteiger partial charge in [0.2, 0.25) is 0 Å². The van der Waals surface area contributed by atoms with Crippen LogP contribution in [0.1, 0.15) is 40.2 Å². The van der Waals surface area contributed by atoms with Crippen LogP contribution in [0.4, 0.5) is 5.69 Å². The molecule has 2 amide bonds. The van der Waals surface area contributed by atoms with Crippen molar-refractivity contribution in [3.63, 3.8) is 0 Å². The van der Waals surface area contributed by atoms with E-state index >= 15 is 0 Å². The van der Waals surface area contributed by atoms with Crippen molar-refractivity contribution in [1.82, 2.24) is 10.1 Å². The van der Waals surface area contributed by atoms with Gasteiger partial charge in [-0.2, -0.15) is 0 Å². The fraction of sp³-hybridized carbons (Fsp3) is 0.320. The van der Waals surface area contributed by atoms with Gasteiger partial charge < -0.3 is 24.2 Å². The molecule has 1 saturated heterocycles. The summed E-state index contributed by atoms with van der Waals surface area (Å²) in [5, 5.41) is 6.78. The Hall–Kier alpha value is -3.81. The van der Waals surface area contributed by atoms with Crippen molar-refractivity contribution in [1.29, 1.82) is 0 Å². The number of aromatic nitrogens is 1. The number of hydrogen-bond donors (Lipinski definition) is 1. The van der Waals surface area contributed by atoms with Gasteiger partial charge in [-0.25, -0.2) is 0 Å². The average molecular weight is 450 g/mol. The van der Waals surface area contributed by atoms with E-state index in [0.717, 1.165) is 37.2 Å². The minimum absolute atomic E-state index is 0.0120. The van der Waals surface area contributed by atoms with Crippen molar-refractivity contribution in [3.05, 3.63) is 71.1 Å². The maximum absolute atomic E-state index is 12.8. The topological polar surface area (TPSA) is 93.9 Å². The van der Waals surface area contributed by atoms with Crippen molar-refractivity contribution < 1.29 is 23.6 Å². The van der Waals surface area contributed by atoms with E-state index < -0.39 is 0 Å². The number of benzene rings is 2. The molecule has 0 bridgehead atoms. The maximum Gasteiger partial charge on any atom is 0.260 e. The quantitative estimate of drug-likeness (QED) is 0.556. The summed E-state index contributed by atoms with van der Waals surface area (Å²) in [6, 6.07) is 14.0. The van der Waals surface area contributed by atoms with E-state index in [1.165, 1.54) is 0 Å². The van der Waals surface area contributed by atoms with Gasteiger partial charge in [0.15, 0.2) is 6.61 Å². The van der Waals surface area contributed by atoms with Crippen LogP contribution in [0, 0.1) is 13.8 Å². The number of nitrogens with one attached hydrogen (secondary N) is 1. The molecular formula is C25H27N3O5. The van der Waals surface area contributed by atoms with Crippen LogP contribution in [0.5, 0.6) is 11.5 Å². The monoisotopic (exact) mass is 449 g/mol. The van der Waals surface area contributed by atoms with Crippen molar-refractivity contribution in [2.45, 2.75) is 33.3 Å². The predicted octanol–water partition coefficient (Wildman–Crippen LogP) is 4.12. The zero-order valence-electron chi connectivity index (χ0n) is 18.8. The number of nitrogens with zero attached hydrogens (tertiary/aromatic N) is 2. The number of carbonyl (C=O) groups is 2. The molecule has 2 aromatic carbocycles. The highest BCUT2D eigenvalue weighted by Gasteiger charge is 2.18. The van der Waals surface area contributed by atoms with E-state index in [1.54, 1.807) is 48.5 Å². The van der Waals surface area contributed by atoms with E-state index in [1.807, 2.05) is 18.7 Å². The Bertz CT molecular complexity index is 1120. The van der Waals surface area contributed by atoms with Crippen molar-refractivity contribution >= 4 is 17.5 Å². The lowest BCUT2D eigenvalue weighted by Gasteiger charge is -2.15. The van der Waals surface area contributed by atoms with Gasteiger partial charge in [0.1, 0.15) is 23.9 Å². The summed E-state index contributed by atoms with van der Waals surface area (Å²) < 4.78 is 16.6. The lowest BCUT2D eigenvalue weighted by molar-refractivity contribution is -0.132. The number of hydrogen-bond acceptors (Lipinski definition) is 6. The molecule has 33 heavy (non-hydrogen) atoms. The molecule has 0 radical (unpaired) electrons. The van der Waals surface area contributed by atoms with Crippen LogP contribution in [0.15, 0.2) is 53.1 Å². The van der Waals surface area contributed by atoms with E-state index in [9.17, 15) is 9.59 Å². The summed E-state index contributed by atoms with van der Waals surface area (Å²) in [6.07, 6.45) is 2.08. The zero-order chi connectivity index (χ0) is 23.2. The molecule has 0 unspecified atom stereocenters. The Morgan fingerprint density at radius 3 is 2.48 bits per heavy atom. The highest BCUT2D eigenvalue weighted by atomic mass is 16.5. The van der Waals surface area contributed by atoms with E-state index in [-0.39, 0.29) is 18.4 Å². The molecule has 0 atom stereocenters. The fourth-order valence-electron chi connectivity index (χ4n) is 3.66. The summed E-state index contributed by atoms with van der Waals surface area (Å²) in [7, 11) is 0. The van der Waals surface area contributed by atoms with E-state index in [2.05, 4.69) is 10.5 Å². The van der Waals surface area contributed by atoms with Crippen LogP contribution in [0.3, 0.4) is 0 Å².